The van der Waals surface area contributed by atoms with Gasteiger partial charge in [0.1, 0.15) is 0 Å². The number of pyridine rings is 3. The van der Waals surface area contributed by atoms with Crippen molar-refractivity contribution in [2.75, 3.05) is 13.1 Å². The zero-order valence-electron chi connectivity index (χ0n) is 24.8. The Bertz CT molecular complexity index is 1660. The summed E-state index contributed by atoms with van der Waals surface area (Å²) < 4.78 is 97.1. The number of aryl methyl sites for hydroxylation is 1. The highest BCUT2D eigenvalue weighted by Crippen LogP contribution is 2.27. The van der Waals surface area contributed by atoms with Crippen LogP contribution in [0.4, 0.5) is 39.5 Å². The fourth-order valence-electron chi connectivity index (χ4n) is 3.88. The van der Waals surface area contributed by atoms with Crippen LogP contribution < -0.4 is 0 Å². The Morgan fingerprint density at radius 1 is 0.796 bits per heavy atom. The lowest BCUT2D eigenvalue weighted by molar-refractivity contribution is -0.193. The van der Waals surface area contributed by atoms with Crippen molar-refractivity contribution in [2.24, 2.45) is 0 Å². The number of fused-ring (bicyclic) bond motifs is 1. The van der Waals surface area contributed by atoms with Crippen LogP contribution in [-0.4, -0.2) is 94.3 Å². The molecule has 0 aliphatic carbocycles. The van der Waals surface area contributed by atoms with E-state index in [-0.39, 0.29) is 0 Å². The Hall–Kier alpha value is -5.34. The molecule has 4 aromatic rings. The number of likely N-dealkylation sites (tertiary alicyclic amines) is 1. The lowest BCUT2D eigenvalue weighted by atomic mass is 10.1. The van der Waals surface area contributed by atoms with Crippen molar-refractivity contribution in [3.63, 3.8) is 0 Å². The molecule has 1 fully saturated rings. The highest BCUT2D eigenvalue weighted by Gasteiger charge is 2.39. The zero-order valence-corrected chi connectivity index (χ0v) is 24.8. The smallest absolute Gasteiger partial charge is 0.475 e. The van der Waals surface area contributed by atoms with Gasteiger partial charge in [-0.25, -0.2) is 23.9 Å². The topological polar surface area (TPSA) is 171 Å². The van der Waals surface area contributed by atoms with Crippen LogP contribution in [-0.2, 0) is 20.9 Å². The molecule has 5 heterocycles. The second kappa shape index (κ2) is 16.7. The van der Waals surface area contributed by atoms with Crippen molar-refractivity contribution < 1.29 is 69.2 Å². The molecule has 12 nitrogen and oxygen atoms in total. The summed E-state index contributed by atoms with van der Waals surface area (Å²) in [5.74, 6) is -6.97. The van der Waals surface area contributed by atoms with Gasteiger partial charge in [0.15, 0.2) is 11.5 Å². The summed E-state index contributed by atoms with van der Waals surface area (Å²) in [4.78, 5) is 42.7. The molecule has 1 saturated heterocycles. The SMILES string of the molecule is Cc1cccc(CN2CCC(c3nc4ccc(-c5cccnc5)cn4n3)C2)n1.O=C(O)C(F)(F)F.O=C(O)C(F)(F)F.O=C(O)C(F)(F)F. The van der Waals surface area contributed by atoms with Crippen LogP contribution in [0.5, 0.6) is 0 Å². The average Bonchev–Trinajstić information content (AvgIpc) is 3.64. The van der Waals surface area contributed by atoms with Gasteiger partial charge in [0, 0.05) is 54.4 Å². The highest BCUT2D eigenvalue weighted by molar-refractivity contribution is 5.73. The molecular weight excluding hydrogens is 687 g/mol. The van der Waals surface area contributed by atoms with E-state index in [1.807, 2.05) is 42.0 Å². The number of aliphatic carboxylic acids is 3. The quantitative estimate of drug-likeness (QED) is 0.232. The molecule has 266 valence electrons. The third-order valence-electron chi connectivity index (χ3n) is 6.04. The maximum atomic E-state index is 10.6. The lowest BCUT2D eigenvalue weighted by Crippen LogP contribution is -2.21. The van der Waals surface area contributed by atoms with E-state index in [0.717, 1.165) is 60.0 Å². The molecule has 5 rings (SSSR count). The third-order valence-corrected chi connectivity index (χ3v) is 6.04. The van der Waals surface area contributed by atoms with Gasteiger partial charge in [-0.05, 0) is 50.2 Å². The monoisotopic (exact) mass is 712 g/mol. The molecular formula is C28H25F9N6O6. The molecule has 3 N–H and O–H groups in total. The Morgan fingerprint density at radius 3 is 1.86 bits per heavy atom. The Balaban J connectivity index is 0.000000325. The molecule has 4 aromatic heterocycles. The minimum absolute atomic E-state index is 0.367. The summed E-state index contributed by atoms with van der Waals surface area (Å²) in [5.41, 5.74) is 5.26. The molecule has 0 saturated carbocycles. The minimum Gasteiger partial charge on any atom is -0.475 e. The summed E-state index contributed by atoms with van der Waals surface area (Å²) in [6.45, 7) is 4.95. The number of aromatic nitrogens is 5. The van der Waals surface area contributed by atoms with Gasteiger partial charge in [-0.2, -0.15) is 44.6 Å². The normalized spacial score (nSPS) is 14.8. The number of carbonyl (C=O) groups is 3. The van der Waals surface area contributed by atoms with Gasteiger partial charge >= 0.3 is 36.4 Å². The van der Waals surface area contributed by atoms with Gasteiger partial charge in [0.05, 0.1) is 5.69 Å². The first-order valence-electron chi connectivity index (χ1n) is 13.4. The summed E-state index contributed by atoms with van der Waals surface area (Å²) >= 11 is 0. The van der Waals surface area contributed by atoms with Crippen LogP contribution in [0.25, 0.3) is 16.8 Å². The fourth-order valence-corrected chi connectivity index (χ4v) is 3.88. The zero-order chi connectivity index (χ0) is 37.2. The predicted octanol–water partition coefficient (Wildman–Crippen LogP) is 5.38. The summed E-state index contributed by atoms with van der Waals surface area (Å²) in [5, 5.41) is 26.2. The second-order valence-electron chi connectivity index (χ2n) is 9.83. The number of carboxylic acids is 3. The van der Waals surface area contributed by atoms with Crippen LogP contribution in [0.15, 0.2) is 61.1 Å². The number of halogens is 9. The highest BCUT2D eigenvalue weighted by atomic mass is 19.4. The van der Waals surface area contributed by atoms with Gasteiger partial charge in [-0.3, -0.25) is 14.9 Å². The first-order chi connectivity index (χ1) is 22.6. The van der Waals surface area contributed by atoms with E-state index in [9.17, 15) is 39.5 Å². The Morgan fingerprint density at radius 2 is 1.37 bits per heavy atom. The van der Waals surface area contributed by atoms with E-state index in [1.54, 1.807) is 6.20 Å². The molecule has 1 aliphatic heterocycles. The summed E-state index contributed by atoms with van der Waals surface area (Å²) in [6, 6.07) is 14.3. The van der Waals surface area contributed by atoms with Crippen LogP contribution >= 0.6 is 0 Å². The standard InChI is InChI=1S/C22H22N6.3C2HF3O2/c1-16-4-2-6-20(24-16)15-27-11-9-19(13-27)22-25-21-8-7-18(14-28(21)26-22)17-5-3-10-23-12-17;3*3-2(4,5)1(6)7/h2-8,10,12,14,19H,9,11,13,15H2,1H3;3*(H,6,7). The molecule has 0 radical (unpaired) electrons. The van der Waals surface area contributed by atoms with Crippen LogP contribution in [0.1, 0.15) is 29.6 Å². The third kappa shape index (κ3) is 13.4. The molecule has 1 unspecified atom stereocenters. The number of nitrogens with zero attached hydrogens (tertiary/aromatic N) is 6. The van der Waals surface area contributed by atoms with Crippen molar-refractivity contribution in [1.29, 1.82) is 0 Å². The van der Waals surface area contributed by atoms with Crippen LogP contribution in [0, 0.1) is 6.92 Å². The maximum Gasteiger partial charge on any atom is 0.490 e. The molecule has 49 heavy (non-hydrogen) atoms. The largest absolute Gasteiger partial charge is 0.490 e. The van der Waals surface area contributed by atoms with E-state index in [2.05, 4.69) is 39.1 Å². The van der Waals surface area contributed by atoms with Crippen LogP contribution in [0.2, 0.25) is 0 Å². The average molecular weight is 713 g/mol. The maximum absolute atomic E-state index is 10.6. The van der Waals surface area contributed by atoms with Gasteiger partial charge in [-0.1, -0.05) is 12.1 Å². The molecule has 0 aromatic carbocycles. The minimum atomic E-state index is -5.08. The van der Waals surface area contributed by atoms with Crippen molar-refractivity contribution in [3.8, 4) is 11.1 Å². The lowest BCUT2D eigenvalue weighted by Gasteiger charge is -2.14. The number of rotatable bonds is 4. The fraction of sp³-hybridized carbons (Fsp3) is 0.321. The first kappa shape index (κ1) is 39.8. The van der Waals surface area contributed by atoms with Crippen molar-refractivity contribution >= 4 is 23.6 Å². The van der Waals surface area contributed by atoms with Gasteiger partial charge in [0.2, 0.25) is 0 Å². The van der Waals surface area contributed by atoms with Crippen molar-refractivity contribution in [3.05, 3.63) is 78.3 Å². The molecule has 0 bridgehead atoms. The summed E-state index contributed by atoms with van der Waals surface area (Å²) in [7, 11) is 0. The second-order valence-corrected chi connectivity index (χ2v) is 9.83. The molecule has 0 spiro atoms. The number of carboxylic acid groups (broad SMARTS) is 3. The molecule has 21 heteroatoms. The Kier molecular flexibility index (Phi) is 13.5. The number of hydrogen-bond donors (Lipinski definition) is 3. The van der Waals surface area contributed by atoms with Crippen molar-refractivity contribution in [1.82, 2.24) is 29.5 Å². The predicted molar refractivity (Wildman–Crippen MR) is 149 cm³/mol. The van der Waals surface area contributed by atoms with Crippen LogP contribution in [0.3, 0.4) is 0 Å². The van der Waals surface area contributed by atoms with Crippen molar-refractivity contribution in [2.45, 2.75) is 44.3 Å². The van der Waals surface area contributed by atoms with E-state index < -0.39 is 36.4 Å². The van der Waals surface area contributed by atoms with E-state index in [0.29, 0.717) is 5.92 Å². The molecule has 1 aliphatic rings. The van der Waals surface area contributed by atoms with Gasteiger partial charge in [-0.15, -0.1) is 0 Å². The van der Waals surface area contributed by atoms with E-state index in [1.165, 1.54) is 0 Å². The summed E-state index contributed by atoms with van der Waals surface area (Å²) in [6.07, 6.45) is -8.48. The number of hydrogen-bond acceptors (Lipinski definition) is 8. The van der Waals surface area contributed by atoms with E-state index >= 15 is 0 Å². The first-order valence-corrected chi connectivity index (χ1v) is 13.4. The molecule has 1 atom stereocenters. The van der Waals surface area contributed by atoms with Gasteiger partial charge < -0.3 is 15.3 Å². The van der Waals surface area contributed by atoms with E-state index in [4.69, 9.17) is 39.8 Å². The van der Waals surface area contributed by atoms with Gasteiger partial charge in [0.25, 0.3) is 0 Å². The Labute approximate surface area is 269 Å². The number of alkyl halides is 9. The molecule has 0 amide bonds.